The van der Waals surface area contributed by atoms with Gasteiger partial charge in [-0.2, -0.15) is 8.78 Å². The molecular weight excluding hydrogens is 825 g/mol. The Morgan fingerprint density at radius 3 is 1.40 bits per heavy atom. The molecule has 2 aliphatic heterocycles. The second kappa shape index (κ2) is 16.1. The van der Waals surface area contributed by atoms with Crippen LogP contribution in [0.4, 0.5) is 17.6 Å². The van der Waals surface area contributed by atoms with E-state index in [9.17, 15) is 35.7 Å². The number of halogens is 4. The van der Waals surface area contributed by atoms with Crippen LogP contribution < -0.4 is 4.74 Å². The zero-order valence-electron chi connectivity index (χ0n) is 32.5. The molecule has 0 saturated carbocycles. The molecule has 7 aromatic rings. The molecular formula is C47H34F4N4O8. The number of aromatic amines is 2. The van der Waals surface area contributed by atoms with Crippen molar-refractivity contribution in [3.05, 3.63) is 143 Å². The molecule has 0 radical (unpaired) electrons. The van der Waals surface area contributed by atoms with Crippen LogP contribution in [-0.2, 0) is 0 Å². The lowest BCUT2D eigenvalue weighted by Crippen LogP contribution is -2.22. The summed E-state index contributed by atoms with van der Waals surface area (Å²) < 4.78 is 69.8. The summed E-state index contributed by atoms with van der Waals surface area (Å²) in [5.74, 6) is -9.86. The van der Waals surface area contributed by atoms with Crippen molar-refractivity contribution in [2.45, 2.75) is 18.3 Å². The molecule has 9 N–H and O–H groups in total. The number of aromatic nitrogens is 4. The molecule has 9 rings (SSSR count). The molecule has 318 valence electrons. The molecule has 16 heteroatoms. The van der Waals surface area contributed by atoms with E-state index in [-0.39, 0.29) is 50.6 Å². The predicted molar refractivity (Wildman–Crippen MR) is 225 cm³/mol. The van der Waals surface area contributed by atoms with Crippen molar-refractivity contribution in [2.24, 2.45) is 0 Å². The molecule has 0 aliphatic carbocycles. The Morgan fingerprint density at radius 2 is 0.952 bits per heavy atom. The summed E-state index contributed by atoms with van der Waals surface area (Å²) in [5.41, 5.74) is 0.599. The SMILES string of the molecule is OCC(O)COc1c(F)c(F)c(-c2c3nc(c(-c4cccc(O)c4)c4ccc([nH]4)c(-c4cccc(O)c4)c4nc(c(-c5cccc(O)c5)c5ccc2[nH]5)C=C4)[C@H](O)C3O)c(F)c1F. The normalized spacial score (nSPS) is 15.2. The maximum absolute atomic E-state index is 16.5. The topological polar surface area (TPSA) is 208 Å². The van der Waals surface area contributed by atoms with Crippen molar-refractivity contribution in [3.8, 4) is 67.5 Å². The van der Waals surface area contributed by atoms with Crippen LogP contribution in [0.1, 0.15) is 35.0 Å². The number of aliphatic hydroxyl groups is 4. The minimum Gasteiger partial charge on any atom is -0.508 e. The number of benzene rings is 4. The Hall–Kier alpha value is -7.50. The molecule has 8 bridgehead atoms. The molecule has 2 unspecified atom stereocenters. The molecule has 0 fully saturated rings. The average molecular weight is 859 g/mol. The molecule has 0 amide bonds. The van der Waals surface area contributed by atoms with E-state index in [1.807, 2.05) is 0 Å². The third-order valence-electron chi connectivity index (χ3n) is 10.7. The summed E-state index contributed by atoms with van der Waals surface area (Å²) in [5, 5.41) is 74.5. The van der Waals surface area contributed by atoms with Crippen LogP contribution in [0, 0.1) is 23.3 Å². The van der Waals surface area contributed by atoms with E-state index in [4.69, 9.17) is 9.72 Å². The highest BCUT2D eigenvalue weighted by Crippen LogP contribution is 2.47. The van der Waals surface area contributed by atoms with Gasteiger partial charge in [0, 0.05) is 44.3 Å². The van der Waals surface area contributed by atoms with Crippen molar-refractivity contribution >= 4 is 34.2 Å². The summed E-state index contributed by atoms with van der Waals surface area (Å²) in [6.07, 6.45) is -2.29. The summed E-state index contributed by atoms with van der Waals surface area (Å²) >= 11 is 0. The third kappa shape index (κ3) is 7.19. The first-order valence-electron chi connectivity index (χ1n) is 19.3. The number of phenolic OH excluding ortho intramolecular Hbond substituents is 3. The Morgan fingerprint density at radius 1 is 0.540 bits per heavy atom. The van der Waals surface area contributed by atoms with Gasteiger partial charge in [0.05, 0.1) is 34.9 Å². The van der Waals surface area contributed by atoms with Crippen molar-refractivity contribution in [1.82, 2.24) is 19.9 Å². The second-order valence-electron chi connectivity index (χ2n) is 14.8. The standard InChI is InChI=1S/C47H34F4N4O8/c48-39-38(40(49)42(51)47(41(39)50)63-20-27(60)19-56)37-33-15-13-31(54-33)35(22-5-2-8-25(58)17-22)29-11-10-28(52-29)34(21-4-1-7-24(57)16-21)30-12-14-32(53-30)36(23-6-3-9-26(59)18-23)43-45(61)46(62)44(37)55-43/h1-18,27,45-46,53-54,56-62H,19-20H2/t27?,45-,46?/m0/s1. The summed E-state index contributed by atoms with van der Waals surface area (Å²) in [7, 11) is 0. The third-order valence-corrected chi connectivity index (χ3v) is 10.7. The number of ether oxygens (including phenoxy) is 1. The first-order chi connectivity index (χ1) is 30.3. The molecule has 2 aliphatic rings. The number of nitrogens with one attached hydrogen (secondary N) is 2. The molecule has 3 atom stereocenters. The van der Waals surface area contributed by atoms with Gasteiger partial charge in [0.2, 0.25) is 11.6 Å². The Bertz CT molecular complexity index is 3160. The minimum atomic E-state index is -2.09. The first kappa shape index (κ1) is 40.9. The monoisotopic (exact) mass is 858 g/mol. The van der Waals surface area contributed by atoms with E-state index in [1.54, 1.807) is 60.7 Å². The quantitative estimate of drug-likeness (QED) is 0.0527. The number of phenols is 3. The largest absolute Gasteiger partial charge is 0.508 e. The molecule has 63 heavy (non-hydrogen) atoms. The zero-order valence-corrected chi connectivity index (χ0v) is 32.5. The summed E-state index contributed by atoms with van der Waals surface area (Å²) in [4.78, 5) is 16.0. The van der Waals surface area contributed by atoms with Gasteiger partial charge in [-0.15, -0.1) is 0 Å². The van der Waals surface area contributed by atoms with Crippen LogP contribution in [-0.4, -0.2) is 75.0 Å². The van der Waals surface area contributed by atoms with Crippen LogP contribution >= 0.6 is 0 Å². The number of fused-ring (bicyclic) bond motifs is 8. The highest BCUT2D eigenvalue weighted by molar-refractivity contribution is 5.97. The summed E-state index contributed by atoms with van der Waals surface area (Å²) in [6, 6.07) is 24.6. The molecule has 3 aromatic heterocycles. The fourth-order valence-corrected chi connectivity index (χ4v) is 7.88. The van der Waals surface area contributed by atoms with Gasteiger partial charge in [-0.3, -0.25) is 4.98 Å². The van der Waals surface area contributed by atoms with Crippen molar-refractivity contribution < 1.29 is 58.0 Å². The van der Waals surface area contributed by atoms with Gasteiger partial charge in [0.25, 0.3) is 0 Å². The smallest absolute Gasteiger partial charge is 0.204 e. The number of rotatable bonds is 8. The van der Waals surface area contributed by atoms with E-state index >= 15 is 17.6 Å². The lowest BCUT2D eigenvalue weighted by atomic mass is 9.96. The molecule has 12 nitrogen and oxygen atoms in total. The Balaban J connectivity index is 1.49. The molecule has 4 aromatic carbocycles. The fourth-order valence-electron chi connectivity index (χ4n) is 7.88. The van der Waals surface area contributed by atoms with Crippen molar-refractivity contribution in [2.75, 3.05) is 13.2 Å². The second-order valence-corrected chi connectivity index (χ2v) is 14.8. The van der Waals surface area contributed by atoms with E-state index < -0.39 is 77.4 Å². The summed E-state index contributed by atoms with van der Waals surface area (Å²) in [6.45, 7) is -1.81. The van der Waals surface area contributed by atoms with E-state index in [0.717, 1.165) is 0 Å². The Labute approximate surface area is 353 Å². The van der Waals surface area contributed by atoms with E-state index in [1.165, 1.54) is 48.5 Å². The van der Waals surface area contributed by atoms with Gasteiger partial charge in [-0.25, -0.2) is 13.8 Å². The van der Waals surface area contributed by atoms with E-state index in [2.05, 4.69) is 15.0 Å². The first-order valence-corrected chi connectivity index (χ1v) is 19.3. The maximum Gasteiger partial charge on any atom is 0.204 e. The van der Waals surface area contributed by atoms with Gasteiger partial charge >= 0.3 is 0 Å². The molecule has 0 saturated heterocycles. The van der Waals surface area contributed by atoms with Gasteiger partial charge < -0.3 is 50.5 Å². The van der Waals surface area contributed by atoms with Crippen molar-refractivity contribution in [3.63, 3.8) is 0 Å². The highest BCUT2D eigenvalue weighted by Gasteiger charge is 2.38. The fraction of sp³-hybridized carbons (Fsp3) is 0.106. The number of H-pyrrole nitrogens is 2. The highest BCUT2D eigenvalue weighted by atomic mass is 19.2. The number of aromatic hydroxyl groups is 3. The number of aliphatic hydroxyl groups excluding tert-OH is 4. The van der Waals surface area contributed by atoms with Crippen LogP contribution in [0.3, 0.4) is 0 Å². The lowest BCUT2D eigenvalue weighted by Gasteiger charge is -2.16. The van der Waals surface area contributed by atoms with Gasteiger partial charge in [-0.05, 0) is 89.5 Å². The zero-order chi connectivity index (χ0) is 44.3. The van der Waals surface area contributed by atoms with Crippen LogP contribution in [0.15, 0.2) is 97.1 Å². The maximum atomic E-state index is 16.5. The van der Waals surface area contributed by atoms with Crippen LogP contribution in [0.2, 0.25) is 0 Å². The number of hydrogen-bond acceptors (Lipinski definition) is 10. The predicted octanol–water partition coefficient (Wildman–Crippen LogP) is 8.33. The van der Waals surface area contributed by atoms with Crippen molar-refractivity contribution in [1.29, 1.82) is 0 Å². The van der Waals surface area contributed by atoms with Crippen LogP contribution in [0.5, 0.6) is 23.0 Å². The van der Waals surface area contributed by atoms with Gasteiger partial charge in [0.15, 0.2) is 17.4 Å². The average Bonchev–Trinajstić information content (AvgIpc) is 4.10. The minimum absolute atomic E-state index is 0.0357. The molecule has 0 spiro atoms. The van der Waals surface area contributed by atoms with Gasteiger partial charge in [-0.1, -0.05) is 36.4 Å². The Kier molecular flexibility index (Phi) is 10.4. The van der Waals surface area contributed by atoms with E-state index in [0.29, 0.717) is 39.2 Å². The van der Waals surface area contributed by atoms with Crippen LogP contribution in [0.25, 0.3) is 78.7 Å². The van der Waals surface area contributed by atoms with Gasteiger partial charge in [0.1, 0.15) is 42.2 Å². The number of nitrogens with zero attached hydrogens (tertiary/aromatic N) is 2. The lowest BCUT2D eigenvalue weighted by molar-refractivity contribution is 0.0259. The number of hydrogen-bond donors (Lipinski definition) is 9. The molecule has 5 heterocycles.